The van der Waals surface area contributed by atoms with Gasteiger partial charge >= 0.3 is 0 Å². The van der Waals surface area contributed by atoms with Crippen LogP contribution in [0.15, 0.2) is 24.3 Å². The second kappa shape index (κ2) is 7.58. The summed E-state index contributed by atoms with van der Waals surface area (Å²) >= 11 is 0. The van der Waals surface area contributed by atoms with Crippen LogP contribution in [0.25, 0.3) is 0 Å². The summed E-state index contributed by atoms with van der Waals surface area (Å²) in [6.07, 6.45) is 4.01. The van der Waals surface area contributed by atoms with Crippen molar-refractivity contribution in [2.75, 3.05) is 19.7 Å². The van der Waals surface area contributed by atoms with Gasteiger partial charge in [0.15, 0.2) is 0 Å². The normalized spacial score (nSPS) is 21.3. The Kier molecular flexibility index (Phi) is 5.76. The van der Waals surface area contributed by atoms with Gasteiger partial charge in [0.1, 0.15) is 5.82 Å². The average Bonchev–Trinajstić information content (AvgIpc) is 2.45. The van der Waals surface area contributed by atoms with Crippen molar-refractivity contribution in [1.29, 1.82) is 0 Å². The van der Waals surface area contributed by atoms with Gasteiger partial charge in [0.25, 0.3) is 0 Å². The van der Waals surface area contributed by atoms with Crippen LogP contribution in [-0.4, -0.2) is 30.9 Å². The second-order valence-corrected chi connectivity index (χ2v) is 5.02. The molecule has 0 saturated carbocycles. The number of hydrogen-bond acceptors (Lipinski definition) is 3. The molecule has 106 valence electrons. The number of aliphatic hydroxyl groups excluding tert-OH is 1. The maximum Gasteiger partial charge on any atom is 0.129 e. The summed E-state index contributed by atoms with van der Waals surface area (Å²) in [5.74, 6) is -0.354. The van der Waals surface area contributed by atoms with E-state index in [-0.39, 0.29) is 5.82 Å². The molecule has 1 aliphatic rings. The van der Waals surface area contributed by atoms with E-state index in [1.807, 2.05) is 0 Å². The van der Waals surface area contributed by atoms with E-state index in [9.17, 15) is 9.50 Å². The smallest absolute Gasteiger partial charge is 0.129 e. The minimum absolute atomic E-state index is 0.340. The first kappa shape index (κ1) is 14.4. The summed E-state index contributed by atoms with van der Waals surface area (Å²) in [5.41, 5.74) is 0.351. The van der Waals surface area contributed by atoms with Gasteiger partial charge in [-0.3, -0.25) is 0 Å². The molecule has 19 heavy (non-hydrogen) atoms. The maximum absolute atomic E-state index is 13.4. The summed E-state index contributed by atoms with van der Waals surface area (Å²) in [7, 11) is 0. The largest absolute Gasteiger partial charge is 0.387 e. The number of rotatable bonds is 6. The van der Waals surface area contributed by atoms with Crippen LogP contribution in [0.4, 0.5) is 4.39 Å². The predicted molar refractivity (Wildman–Crippen MR) is 72.4 cm³/mol. The lowest BCUT2D eigenvalue weighted by molar-refractivity contribution is 0.0111. The van der Waals surface area contributed by atoms with Crippen LogP contribution in [-0.2, 0) is 4.74 Å². The molecule has 1 fully saturated rings. The molecule has 1 aromatic carbocycles. The van der Waals surface area contributed by atoms with Gasteiger partial charge < -0.3 is 15.2 Å². The highest BCUT2D eigenvalue weighted by atomic mass is 19.1. The van der Waals surface area contributed by atoms with Gasteiger partial charge in [-0.1, -0.05) is 18.2 Å². The SMILES string of the molecule is OC(CNCCC1CCCCO1)c1ccccc1F. The van der Waals surface area contributed by atoms with E-state index in [0.29, 0.717) is 18.2 Å². The molecular weight excluding hydrogens is 245 g/mol. The number of halogens is 1. The van der Waals surface area contributed by atoms with Crippen molar-refractivity contribution in [2.24, 2.45) is 0 Å². The quantitative estimate of drug-likeness (QED) is 0.778. The Hall–Kier alpha value is -0.970. The third-order valence-corrected chi connectivity index (χ3v) is 3.52. The molecule has 2 N–H and O–H groups in total. The molecule has 2 unspecified atom stereocenters. The highest BCUT2D eigenvalue weighted by Gasteiger charge is 2.14. The van der Waals surface area contributed by atoms with E-state index in [1.165, 1.54) is 12.5 Å². The first-order valence-electron chi connectivity index (χ1n) is 7.02. The van der Waals surface area contributed by atoms with E-state index in [4.69, 9.17) is 4.74 Å². The van der Waals surface area contributed by atoms with Crippen molar-refractivity contribution in [2.45, 2.75) is 37.9 Å². The van der Waals surface area contributed by atoms with E-state index in [2.05, 4.69) is 5.32 Å². The molecule has 2 rings (SSSR count). The molecule has 0 aliphatic carbocycles. The summed E-state index contributed by atoms with van der Waals surface area (Å²) in [4.78, 5) is 0. The molecule has 2 atom stereocenters. The first-order chi connectivity index (χ1) is 9.27. The minimum Gasteiger partial charge on any atom is -0.387 e. The number of aliphatic hydroxyl groups is 1. The number of ether oxygens (including phenoxy) is 1. The molecule has 1 saturated heterocycles. The van der Waals surface area contributed by atoms with Gasteiger partial charge in [-0.2, -0.15) is 0 Å². The Bertz CT molecular complexity index is 380. The fourth-order valence-electron chi connectivity index (χ4n) is 2.39. The number of hydrogen-bond donors (Lipinski definition) is 2. The van der Waals surface area contributed by atoms with E-state index in [0.717, 1.165) is 32.4 Å². The molecule has 1 aromatic rings. The first-order valence-corrected chi connectivity index (χ1v) is 7.02. The number of nitrogens with one attached hydrogen (secondary N) is 1. The van der Waals surface area contributed by atoms with Crippen LogP contribution in [0, 0.1) is 5.82 Å². The summed E-state index contributed by atoms with van der Waals surface area (Å²) < 4.78 is 19.1. The standard InChI is InChI=1S/C15H22FNO2/c16-14-7-2-1-6-13(14)15(18)11-17-9-8-12-5-3-4-10-19-12/h1-2,6-7,12,15,17-18H,3-5,8-11H2. The highest BCUT2D eigenvalue weighted by Crippen LogP contribution is 2.17. The molecule has 0 radical (unpaired) electrons. The third kappa shape index (κ3) is 4.56. The van der Waals surface area contributed by atoms with Crippen LogP contribution >= 0.6 is 0 Å². The Morgan fingerprint density at radius 3 is 2.95 bits per heavy atom. The van der Waals surface area contributed by atoms with Crippen molar-refractivity contribution in [3.8, 4) is 0 Å². The Balaban J connectivity index is 1.66. The van der Waals surface area contributed by atoms with Crippen LogP contribution in [0.1, 0.15) is 37.4 Å². The zero-order valence-electron chi connectivity index (χ0n) is 11.1. The van der Waals surface area contributed by atoms with Crippen molar-refractivity contribution in [1.82, 2.24) is 5.32 Å². The Morgan fingerprint density at radius 1 is 1.37 bits per heavy atom. The minimum atomic E-state index is -0.798. The van der Waals surface area contributed by atoms with Gasteiger partial charge in [0, 0.05) is 18.7 Å². The zero-order valence-corrected chi connectivity index (χ0v) is 11.1. The fourth-order valence-corrected chi connectivity index (χ4v) is 2.39. The maximum atomic E-state index is 13.4. The highest BCUT2D eigenvalue weighted by molar-refractivity contribution is 5.19. The Morgan fingerprint density at radius 2 is 2.21 bits per heavy atom. The average molecular weight is 267 g/mol. The van der Waals surface area contributed by atoms with Gasteiger partial charge in [0.05, 0.1) is 12.2 Å². The fraction of sp³-hybridized carbons (Fsp3) is 0.600. The predicted octanol–water partition coefficient (Wildman–Crippen LogP) is 2.41. The van der Waals surface area contributed by atoms with Gasteiger partial charge in [0.2, 0.25) is 0 Å². The van der Waals surface area contributed by atoms with Crippen molar-refractivity contribution >= 4 is 0 Å². The molecule has 4 heteroatoms. The topological polar surface area (TPSA) is 41.5 Å². The van der Waals surface area contributed by atoms with Gasteiger partial charge in [-0.25, -0.2) is 4.39 Å². The molecule has 0 bridgehead atoms. The summed E-state index contributed by atoms with van der Waals surface area (Å²) in [5, 5.41) is 13.1. The van der Waals surface area contributed by atoms with Crippen LogP contribution in [0.5, 0.6) is 0 Å². The van der Waals surface area contributed by atoms with E-state index < -0.39 is 6.10 Å². The van der Waals surface area contributed by atoms with Crippen LogP contribution in [0.3, 0.4) is 0 Å². The molecule has 1 heterocycles. The van der Waals surface area contributed by atoms with Gasteiger partial charge in [-0.05, 0) is 38.3 Å². The monoisotopic (exact) mass is 267 g/mol. The van der Waals surface area contributed by atoms with E-state index >= 15 is 0 Å². The van der Waals surface area contributed by atoms with Crippen molar-refractivity contribution in [3.05, 3.63) is 35.6 Å². The second-order valence-electron chi connectivity index (χ2n) is 5.02. The number of benzene rings is 1. The Labute approximate surface area is 113 Å². The molecule has 3 nitrogen and oxygen atoms in total. The molecule has 1 aliphatic heterocycles. The summed E-state index contributed by atoms with van der Waals surface area (Å²) in [6.45, 7) is 2.02. The van der Waals surface area contributed by atoms with Crippen LogP contribution < -0.4 is 5.32 Å². The molecule has 0 amide bonds. The molecule has 0 spiro atoms. The molecule has 0 aromatic heterocycles. The third-order valence-electron chi connectivity index (χ3n) is 3.52. The molecular formula is C15H22FNO2. The van der Waals surface area contributed by atoms with E-state index in [1.54, 1.807) is 18.2 Å². The van der Waals surface area contributed by atoms with Crippen LogP contribution in [0.2, 0.25) is 0 Å². The van der Waals surface area contributed by atoms with Crippen molar-refractivity contribution < 1.29 is 14.2 Å². The summed E-state index contributed by atoms with van der Waals surface area (Å²) in [6, 6.07) is 6.34. The lowest BCUT2D eigenvalue weighted by Crippen LogP contribution is -2.28. The van der Waals surface area contributed by atoms with Gasteiger partial charge in [-0.15, -0.1) is 0 Å². The zero-order chi connectivity index (χ0) is 13.5. The lowest BCUT2D eigenvalue weighted by atomic mass is 10.1. The lowest BCUT2D eigenvalue weighted by Gasteiger charge is -2.22. The van der Waals surface area contributed by atoms with Crippen molar-refractivity contribution in [3.63, 3.8) is 0 Å².